The summed E-state index contributed by atoms with van der Waals surface area (Å²) in [5, 5.41) is 12.7. The van der Waals surface area contributed by atoms with Gasteiger partial charge in [0, 0.05) is 0 Å². The van der Waals surface area contributed by atoms with Crippen LogP contribution in [-0.2, 0) is 11.2 Å². The number of nitrogens with one attached hydrogen (secondary N) is 1. The van der Waals surface area contributed by atoms with Gasteiger partial charge in [0.1, 0.15) is 11.3 Å². The molecule has 0 unspecified atom stereocenters. The van der Waals surface area contributed by atoms with Crippen molar-refractivity contribution < 1.29 is 14.6 Å². The molecular weight excluding hydrogens is 206 g/mol. The van der Waals surface area contributed by atoms with Crippen molar-refractivity contribution in [3.63, 3.8) is 0 Å². The maximum Gasteiger partial charge on any atom is 0.341 e. The third-order valence-electron chi connectivity index (χ3n) is 2.86. The van der Waals surface area contributed by atoms with Gasteiger partial charge in [-0.25, -0.2) is 4.79 Å². The van der Waals surface area contributed by atoms with E-state index in [0.29, 0.717) is 5.92 Å². The lowest BCUT2D eigenvalue weighted by atomic mass is 9.93. The molecule has 16 heavy (non-hydrogen) atoms. The molecule has 0 spiro atoms. The van der Waals surface area contributed by atoms with E-state index in [1.54, 1.807) is 12.1 Å². The number of phenolic OH excluding ortho intramolecular Hbond substituents is 1. The lowest BCUT2D eigenvalue weighted by Gasteiger charge is -2.27. The van der Waals surface area contributed by atoms with Crippen LogP contribution in [0.5, 0.6) is 5.75 Å². The van der Waals surface area contributed by atoms with Crippen molar-refractivity contribution in [1.29, 1.82) is 0 Å². The average Bonchev–Trinajstić information content (AvgIpc) is 2.24. The van der Waals surface area contributed by atoms with Crippen LogP contribution in [0.3, 0.4) is 0 Å². The zero-order valence-corrected chi connectivity index (χ0v) is 9.19. The molecule has 1 fully saturated rings. The number of methoxy groups -OCH3 is 1. The van der Waals surface area contributed by atoms with Crippen LogP contribution in [0.15, 0.2) is 18.2 Å². The highest BCUT2D eigenvalue weighted by Gasteiger charge is 2.18. The fourth-order valence-corrected chi connectivity index (χ4v) is 1.81. The Morgan fingerprint density at radius 1 is 1.56 bits per heavy atom. The van der Waals surface area contributed by atoms with Crippen molar-refractivity contribution in [3.8, 4) is 5.75 Å². The Hall–Kier alpha value is -1.55. The number of phenols is 1. The summed E-state index contributed by atoms with van der Waals surface area (Å²) in [5.74, 6) is 0.114. The molecule has 1 aliphatic heterocycles. The molecule has 0 aromatic heterocycles. The fraction of sp³-hybridized carbons (Fsp3) is 0.417. The predicted octanol–water partition coefficient (Wildman–Crippen LogP) is 0.941. The third kappa shape index (κ3) is 2.17. The van der Waals surface area contributed by atoms with Crippen LogP contribution in [0.25, 0.3) is 0 Å². The number of carbonyl (C=O) groups excluding carboxylic acids is 1. The van der Waals surface area contributed by atoms with E-state index in [-0.39, 0.29) is 11.3 Å². The number of hydrogen-bond donors (Lipinski definition) is 2. The average molecular weight is 221 g/mol. The largest absolute Gasteiger partial charge is 0.507 e. The molecule has 4 nitrogen and oxygen atoms in total. The zero-order valence-electron chi connectivity index (χ0n) is 9.19. The van der Waals surface area contributed by atoms with Gasteiger partial charge in [-0.15, -0.1) is 0 Å². The fourth-order valence-electron chi connectivity index (χ4n) is 1.81. The Morgan fingerprint density at radius 3 is 2.88 bits per heavy atom. The van der Waals surface area contributed by atoms with E-state index in [9.17, 15) is 9.90 Å². The standard InChI is InChI=1S/C12H15NO3/c1-16-12(15)10-5-8(2-3-11(10)14)4-9-6-13-7-9/h2-3,5,9,13-14H,4,6-7H2,1H3. The lowest BCUT2D eigenvalue weighted by Crippen LogP contribution is -2.43. The van der Waals surface area contributed by atoms with Gasteiger partial charge in [-0.2, -0.15) is 0 Å². The summed E-state index contributed by atoms with van der Waals surface area (Å²) < 4.78 is 4.61. The van der Waals surface area contributed by atoms with E-state index in [1.807, 2.05) is 6.07 Å². The minimum absolute atomic E-state index is 0.0256. The lowest BCUT2D eigenvalue weighted by molar-refractivity contribution is 0.0597. The number of aromatic hydroxyl groups is 1. The van der Waals surface area contributed by atoms with Crippen LogP contribution in [0.4, 0.5) is 0 Å². The van der Waals surface area contributed by atoms with E-state index in [1.165, 1.54) is 7.11 Å². The van der Waals surface area contributed by atoms with Crippen LogP contribution >= 0.6 is 0 Å². The van der Waals surface area contributed by atoms with E-state index in [0.717, 1.165) is 25.1 Å². The third-order valence-corrected chi connectivity index (χ3v) is 2.86. The van der Waals surface area contributed by atoms with Gasteiger partial charge in [0.15, 0.2) is 0 Å². The Morgan fingerprint density at radius 2 is 2.31 bits per heavy atom. The summed E-state index contributed by atoms with van der Waals surface area (Å²) in [4.78, 5) is 11.4. The van der Waals surface area contributed by atoms with Crippen molar-refractivity contribution in [3.05, 3.63) is 29.3 Å². The Labute approximate surface area is 94.2 Å². The number of hydrogen-bond acceptors (Lipinski definition) is 4. The van der Waals surface area contributed by atoms with Crippen molar-refractivity contribution in [2.24, 2.45) is 5.92 Å². The molecule has 0 bridgehead atoms. The molecule has 1 aromatic carbocycles. The molecule has 0 saturated carbocycles. The van der Waals surface area contributed by atoms with Crippen molar-refractivity contribution in [1.82, 2.24) is 5.32 Å². The summed E-state index contributed by atoms with van der Waals surface area (Å²) in [6.07, 6.45) is 0.928. The van der Waals surface area contributed by atoms with Gasteiger partial charge in [0.05, 0.1) is 7.11 Å². The van der Waals surface area contributed by atoms with Crippen molar-refractivity contribution in [2.75, 3.05) is 20.2 Å². The topological polar surface area (TPSA) is 58.6 Å². The molecule has 0 aliphatic carbocycles. The minimum atomic E-state index is -0.494. The van der Waals surface area contributed by atoms with Crippen molar-refractivity contribution >= 4 is 5.97 Å². The Balaban J connectivity index is 2.17. The van der Waals surface area contributed by atoms with Gasteiger partial charge in [0.2, 0.25) is 0 Å². The molecule has 1 aliphatic rings. The SMILES string of the molecule is COC(=O)c1cc(CC2CNC2)ccc1O. The first-order chi connectivity index (χ1) is 7.70. The smallest absolute Gasteiger partial charge is 0.341 e. The van der Waals surface area contributed by atoms with Gasteiger partial charge in [0.25, 0.3) is 0 Å². The van der Waals surface area contributed by atoms with Crippen LogP contribution in [0.1, 0.15) is 15.9 Å². The molecule has 0 atom stereocenters. The normalized spacial score (nSPS) is 15.6. The monoisotopic (exact) mass is 221 g/mol. The number of carbonyl (C=O) groups is 1. The summed E-state index contributed by atoms with van der Waals surface area (Å²) >= 11 is 0. The maximum atomic E-state index is 11.4. The van der Waals surface area contributed by atoms with Crippen LogP contribution < -0.4 is 5.32 Å². The first-order valence-electron chi connectivity index (χ1n) is 5.31. The molecule has 2 rings (SSSR count). The van der Waals surface area contributed by atoms with Gasteiger partial charge in [-0.1, -0.05) is 6.07 Å². The first kappa shape index (κ1) is 11.0. The van der Waals surface area contributed by atoms with Crippen molar-refractivity contribution in [2.45, 2.75) is 6.42 Å². The summed E-state index contributed by atoms with van der Waals surface area (Å²) in [7, 11) is 1.31. The van der Waals surface area contributed by atoms with Gasteiger partial charge >= 0.3 is 5.97 Å². The van der Waals surface area contributed by atoms with Crippen LogP contribution in [-0.4, -0.2) is 31.3 Å². The molecule has 1 aromatic rings. The Bertz CT molecular complexity index is 399. The van der Waals surface area contributed by atoms with Gasteiger partial charge in [-0.05, 0) is 43.1 Å². The molecule has 86 valence electrons. The zero-order chi connectivity index (χ0) is 11.5. The molecule has 0 amide bonds. The number of esters is 1. The molecular formula is C12H15NO3. The highest BCUT2D eigenvalue weighted by Crippen LogP contribution is 2.21. The number of benzene rings is 1. The summed E-state index contributed by atoms with van der Waals surface area (Å²) in [6, 6.07) is 5.10. The highest BCUT2D eigenvalue weighted by molar-refractivity contribution is 5.92. The van der Waals surface area contributed by atoms with E-state index in [4.69, 9.17) is 0 Å². The molecule has 0 radical (unpaired) electrons. The maximum absolute atomic E-state index is 11.4. The summed E-state index contributed by atoms with van der Waals surface area (Å²) in [5.41, 5.74) is 1.30. The molecule has 4 heteroatoms. The predicted molar refractivity (Wildman–Crippen MR) is 59.5 cm³/mol. The molecule has 1 heterocycles. The number of ether oxygens (including phenoxy) is 1. The molecule has 1 saturated heterocycles. The van der Waals surface area contributed by atoms with E-state index >= 15 is 0 Å². The van der Waals surface area contributed by atoms with Crippen LogP contribution in [0.2, 0.25) is 0 Å². The van der Waals surface area contributed by atoms with Gasteiger partial charge < -0.3 is 15.2 Å². The molecule has 2 N–H and O–H groups in total. The van der Waals surface area contributed by atoms with E-state index < -0.39 is 5.97 Å². The second-order valence-electron chi connectivity index (χ2n) is 4.07. The number of rotatable bonds is 3. The van der Waals surface area contributed by atoms with E-state index in [2.05, 4.69) is 10.1 Å². The first-order valence-corrected chi connectivity index (χ1v) is 5.31. The quantitative estimate of drug-likeness (QED) is 0.746. The van der Waals surface area contributed by atoms with Gasteiger partial charge in [-0.3, -0.25) is 0 Å². The summed E-state index contributed by atoms with van der Waals surface area (Å²) in [6.45, 7) is 2.04. The van der Waals surface area contributed by atoms with Crippen LogP contribution in [0, 0.1) is 5.92 Å². The minimum Gasteiger partial charge on any atom is -0.507 e. The Kier molecular flexibility index (Phi) is 3.10. The second kappa shape index (κ2) is 4.53. The second-order valence-corrected chi connectivity index (χ2v) is 4.07. The highest BCUT2D eigenvalue weighted by atomic mass is 16.5.